The summed E-state index contributed by atoms with van der Waals surface area (Å²) in [6.07, 6.45) is 5.08. The van der Waals surface area contributed by atoms with Crippen molar-refractivity contribution in [2.75, 3.05) is 13.1 Å². The fraction of sp³-hybridized carbons (Fsp3) is 0.417. The van der Waals surface area contributed by atoms with Gasteiger partial charge in [0.2, 0.25) is 11.8 Å². The molecule has 3 rings (SSSR count). The zero-order valence-electron chi connectivity index (χ0n) is 17.6. The first-order valence-electron chi connectivity index (χ1n) is 10.7. The first kappa shape index (κ1) is 23.1. The molecule has 1 aliphatic rings. The number of nitrogens with one attached hydrogen (secondary N) is 1. The van der Waals surface area contributed by atoms with E-state index in [-0.39, 0.29) is 36.0 Å². The molecule has 2 aromatic rings. The molecule has 0 bridgehead atoms. The molecule has 5 nitrogen and oxygen atoms in total. The van der Waals surface area contributed by atoms with Gasteiger partial charge in [-0.3, -0.25) is 13.8 Å². The molecular weight excluding hydrogens is 415 g/mol. The summed E-state index contributed by atoms with van der Waals surface area (Å²) in [4.78, 5) is 25.5. The van der Waals surface area contributed by atoms with Gasteiger partial charge < -0.3 is 10.2 Å². The Morgan fingerprint density at radius 1 is 1.00 bits per heavy atom. The molecule has 1 saturated heterocycles. The molecule has 2 atom stereocenters. The van der Waals surface area contributed by atoms with Crippen molar-refractivity contribution in [3.05, 3.63) is 71.5 Å². The fourth-order valence-corrected chi connectivity index (χ4v) is 5.10. The molecule has 166 valence electrons. The number of aryl methyl sites for hydroxylation is 1. The van der Waals surface area contributed by atoms with Gasteiger partial charge in [-0.25, -0.2) is 4.39 Å². The van der Waals surface area contributed by atoms with Crippen molar-refractivity contribution >= 4 is 22.6 Å². The van der Waals surface area contributed by atoms with Gasteiger partial charge in [0.1, 0.15) is 17.7 Å². The molecule has 1 fully saturated rings. The Morgan fingerprint density at radius 2 is 1.71 bits per heavy atom. The summed E-state index contributed by atoms with van der Waals surface area (Å²) in [6, 6.07) is 16.1. The Morgan fingerprint density at radius 3 is 2.42 bits per heavy atom. The lowest BCUT2D eigenvalue weighted by Crippen LogP contribution is -2.57. The monoisotopic (exact) mass is 444 g/mol. The summed E-state index contributed by atoms with van der Waals surface area (Å²) in [5.41, 5.74) is 2.09. The van der Waals surface area contributed by atoms with Crippen LogP contribution in [-0.4, -0.2) is 39.4 Å². The van der Waals surface area contributed by atoms with E-state index in [0.29, 0.717) is 12.3 Å². The number of benzene rings is 2. The molecule has 7 heteroatoms. The van der Waals surface area contributed by atoms with E-state index in [1.165, 1.54) is 17.0 Å². The van der Waals surface area contributed by atoms with Crippen molar-refractivity contribution in [3.8, 4) is 0 Å². The van der Waals surface area contributed by atoms with E-state index < -0.39 is 10.8 Å². The molecule has 0 aliphatic carbocycles. The van der Waals surface area contributed by atoms with Crippen molar-refractivity contribution in [2.24, 2.45) is 0 Å². The van der Waals surface area contributed by atoms with Gasteiger partial charge in [-0.15, -0.1) is 0 Å². The van der Waals surface area contributed by atoms with Crippen LogP contribution in [0.3, 0.4) is 0 Å². The van der Waals surface area contributed by atoms with Crippen molar-refractivity contribution in [1.82, 2.24) is 10.2 Å². The molecule has 31 heavy (non-hydrogen) atoms. The normalized spacial score (nSPS) is 16.6. The molecular formula is C24H29FN2O3S. The van der Waals surface area contributed by atoms with E-state index in [1.807, 2.05) is 42.5 Å². The largest absolute Gasteiger partial charge is 0.355 e. The topological polar surface area (TPSA) is 66.5 Å². The summed E-state index contributed by atoms with van der Waals surface area (Å²) >= 11 is 0. The van der Waals surface area contributed by atoms with Crippen LogP contribution in [0.15, 0.2) is 54.6 Å². The molecule has 2 unspecified atom stereocenters. The van der Waals surface area contributed by atoms with E-state index in [2.05, 4.69) is 5.32 Å². The Labute approximate surface area is 185 Å². The highest BCUT2D eigenvalue weighted by atomic mass is 32.2. The van der Waals surface area contributed by atoms with Gasteiger partial charge in [-0.1, -0.05) is 55.3 Å². The maximum Gasteiger partial charge on any atom is 0.239 e. The van der Waals surface area contributed by atoms with Crippen molar-refractivity contribution in [2.45, 2.75) is 49.7 Å². The Kier molecular flexibility index (Phi) is 8.76. The molecule has 1 heterocycles. The minimum Gasteiger partial charge on any atom is -0.355 e. The highest BCUT2D eigenvalue weighted by Gasteiger charge is 2.40. The van der Waals surface area contributed by atoms with Crippen LogP contribution in [0.25, 0.3) is 0 Å². The van der Waals surface area contributed by atoms with E-state index in [0.717, 1.165) is 43.2 Å². The Hall–Kier alpha value is -2.54. The van der Waals surface area contributed by atoms with Crippen LogP contribution in [0.4, 0.5) is 4.39 Å². The highest BCUT2D eigenvalue weighted by molar-refractivity contribution is 7.85. The average molecular weight is 445 g/mol. The second-order valence-corrected chi connectivity index (χ2v) is 9.43. The van der Waals surface area contributed by atoms with Crippen molar-refractivity contribution < 1.29 is 18.2 Å². The lowest BCUT2D eigenvalue weighted by Gasteiger charge is -2.39. The van der Waals surface area contributed by atoms with Gasteiger partial charge in [-0.05, 0) is 42.5 Å². The fourth-order valence-electron chi connectivity index (χ4n) is 3.58. The summed E-state index contributed by atoms with van der Waals surface area (Å²) in [6.45, 7) is 0.532. The number of unbranched alkanes of at least 4 members (excludes halogenated alkanes) is 3. The number of hydrogen-bond acceptors (Lipinski definition) is 3. The summed E-state index contributed by atoms with van der Waals surface area (Å²) in [7, 11) is -1.22. The number of halogens is 1. The zero-order chi connectivity index (χ0) is 22.1. The molecule has 1 aliphatic heterocycles. The van der Waals surface area contributed by atoms with Crippen LogP contribution in [-0.2, 0) is 32.6 Å². The summed E-state index contributed by atoms with van der Waals surface area (Å²) < 4.78 is 25.5. The van der Waals surface area contributed by atoms with Crippen LogP contribution in [0, 0.1) is 5.82 Å². The maximum absolute atomic E-state index is 12.9. The average Bonchev–Trinajstić information content (AvgIpc) is 2.77. The Balaban J connectivity index is 1.28. The van der Waals surface area contributed by atoms with E-state index in [4.69, 9.17) is 0 Å². The third-order valence-corrected chi connectivity index (χ3v) is 7.06. The van der Waals surface area contributed by atoms with Gasteiger partial charge in [0, 0.05) is 17.3 Å². The van der Waals surface area contributed by atoms with Gasteiger partial charge >= 0.3 is 0 Å². The first-order chi connectivity index (χ1) is 15.0. The van der Waals surface area contributed by atoms with Crippen LogP contribution < -0.4 is 5.32 Å². The Bertz CT molecular complexity index is 889. The zero-order valence-corrected chi connectivity index (χ0v) is 18.4. The molecule has 0 radical (unpaired) electrons. The number of rotatable bonds is 12. The third kappa shape index (κ3) is 7.28. The number of β-lactam (4-membered cyclic amide) rings is 1. The standard InChI is InChI=1S/C24H29FN2O3S/c25-21-13-11-19(12-14-21)8-4-1-2-7-15-26-22(28)17-27-23(29)16-24(27)31(30)18-20-9-5-3-6-10-20/h3,5-6,9-14,24H,1-2,4,7-8,15-18H2,(H,26,28). The van der Waals surface area contributed by atoms with Gasteiger partial charge in [-0.2, -0.15) is 0 Å². The predicted molar refractivity (Wildman–Crippen MR) is 120 cm³/mol. The quantitative estimate of drug-likeness (QED) is 0.402. The highest BCUT2D eigenvalue weighted by Crippen LogP contribution is 2.24. The number of hydrogen-bond donors (Lipinski definition) is 1. The number of carbonyl (C=O) groups excluding carboxylic acids is 2. The summed E-state index contributed by atoms with van der Waals surface area (Å²) in [5, 5.41) is 2.47. The summed E-state index contributed by atoms with van der Waals surface area (Å²) in [5.74, 6) is -0.161. The number of nitrogens with zero attached hydrogens (tertiary/aromatic N) is 1. The van der Waals surface area contributed by atoms with Crippen LogP contribution in [0.2, 0.25) is 0 Å². The van der Waals surface area contributed by atoms with Crippen LogP contribution in [0.5, 0.6) is 0 Å². The van der Waals surface area contributed by atoms with Crippen molar-refractivity contribution in [1.29, 1.82) is 0 Å². The van der Waals surface area contributed by atoms with Crippen molar-refractivity contribution in [3.63, 3.8) is 0 Å². The third-order valence-electron chi connectivity index (χ3n) is 5.41. The van der Waals surface area contributed by atoms with E-state index >= 15 is 0 Å². The van der Waals surface area contributed by atoms with Crippen LogP contribution in [0.1, 0.15) is 43.2 Å². The number of likely N-dealkylation sites (tertiary alicyclic amines) is 1. The first-order valence-corrected chi connectivity index (χ1v) is 12.1. The lowest BCUT2D eigenvalue weighted by atomic mass is 10.1. The molecule has 0 spiro atoms. The minimum atomic E-state index is -1.22. The minimum absolute atomic E-state index is 0.0331. The SMILES string of the molecule is O=C(CN1C(=O)CC1S(=O)Cc1ccccc1)NCCCCCCc1ccc(F)cc1. The predicted octanol–water partition coefficient (Wildman–Crippen LogP) is 3.55. The number of amides is 2. The molecule has 0 saturated carbocycles. The second kappa shape index (κ2) is 11.7. The van der Waals surface area contributed by atoms with Gasteiger partial charge in [0.05, 0.1) is 12.2 Å². The van der Waals surface area contributed by atoms with E-state index in [9.17, 15) is 18.2 Å². The number of carbonyl (C=O) groups is 2. The molecule has 2 aromatic carbocycles. The second-order valence-electron chi connectivity index (χ2n) is 7.83. The molecule has 1 N–H and O–H groups in total. The van der Waals surface area contributed by atoms with Crippen LogP contribution >= 0.6 is 0 Å². The smallest absolute Gasteiger partial charge is 0.239 e. The van der Waals surface area contributed by atoms with Gasteiger partial charge in [0.25, 0.3) is 0 Å². The van der Waals surface area contributed by atoms with Gasteiger partial charge in [0.15, 0.2) is 0 Å². The van der Waals surface area contributed by atoms with E-state index in [1.54, 1.807) is 0 Å². The maximum atomic E-state index is 12.9. The lowest BCUT2D eigenvalue weighted by molar-refractivity contribution is -0.145. The molecule has 0 aromatic heterocycles. The molecule has 2 amide bonds.